The van der Waals surface area contributed by atoms with E-state index in [2.05, 4.69) is 53.5 Å². The monoisotopic (exact) mass is 267 g/mol. The van der Waals surface area contributed by atoms with Crippen molar-refractivity contribution < 1.29 is 0 Å². The fraction of sp³-hybridized carbons (Fsp3) is 0.316. The van der Waals surface area contributed by atoms with Crippen LogP contribution in [0.1, 0.15) is 49.9 Å². The molecular weight excluding hydrogens is 242 g/mol. The molecule has 0 aliphatic heterocycles. The Morgan fingerprint density at radius 2 is 1.10 bits per heavy atom. The lowest BCUT2D eigenvalue weighted by Crippen LogP contribution is -2.15. The fourth-order valence-corrected chi connectivity index (χ4v) is 2.40. The van der Waals surface area contributed by atoms with E-state index in [-0.39, 0.29) is 0 Å². The van der Waals surface area contributed by atoms with E-state index in [1.54, 1.807) is 0 Å². The summed E-state index contributed by atoms with van der Waals surface area (Å²) in [5.74, 6) is 0. The van der Waals surface area contributed by atoms with Crippen LogP contribution in [0.15, 0.2) is 53.5 Å². The van der Waals surface area contributed by atoms with Gasteiger partial charge in [-0.3, -0.25) is 4.99 Å². The molecule has 0 spiro atoms. The van der Waals surface area contributed by atoms with Gasteiger partial charge in [0, 0.05) is 18.2 Å². The molecule has 3 rings (SSSR count). The molecule has 0 radical (unpaired) electrons. The van der Waals surface area contributed by atoms with Crippen molar-refractivity contribution in [3.8, 4) is 0 Å². The third-order valence-corrected chi connectivity index (χ3v) is 3.15. The normalized spacial score (nSPS) is 10.9. The zero-order valence-corrected chi connectivity index (χ0v) is 13.3. The first kappa shape index (κ1) is 16.2. The Kier molecular flexibility index (Phi) is 6.72. The van der Waals surface area contributed by atoms with Gasteiger partial charge in [-0.05, 0) is 17.5 Å². The first-order valence-corrected chi connectivity index (χ1v) is 7.53. The second kappa shape index (κ2) is 8.31. The Labute approximate surface area is 123 Å². The quantitative estimate of drug-likeness (QED) is 0.536. The molecule has 0 aromatic heterocycles. The number of fused-ring (bicyclic) bond motifs is 2. The summed E-state index contributed by atoms with van der Waals surface area (Å²) in [6.07, 6.45) is 1.02. The molecule has 20 heavy (non-hydrogen) atoms. The minimum Gasteiger partial charge on any atom is -0.287 e. The Bertz CT molecular complexity index is 520. The third kappa shape index (κ3) is 3.16. The summed E-state index contributed by atoms with van der Waals surface area (Å²) in [7, 11) is 1.87. The highest BCUT2D eigenvalue weighted by Gasteiger charge is 2.19. The first-order valence-electron chi connectivity index (χ1n) is 7.53. The van der Waals surface area contributed by atoms with Crippen LogP contribution in [0.3, 0.4) is 0 Å². The van der Waals surface area contributed by atoms with E-state index < -0.39 is 0 Å². The van der Waals surface area contributed by atoms with Crippen molar-refractivity contribution >= 4 is 5.71 Å². The maximum atomic E-state index is 4.45. The molecular formula is C19H25N. The van der Waals surface area contributed by atoms with Gasteiger partial charge in [-0.15, -0.1) is 0 Å². The molecule has 0 unspecified atom stereocenters. The Morgan fingerprint density at radius 1 is 0.700 bits per heavy atom. The molecule has 1 nitrogen and oxygen atoms in total. The molecule has 106 valence electrons. The highest BCUT2D eigenvalue weighted by Crippen LogP contribution is 2.27. The largest absolute Gasteiger partial charge is 0.287 e. The van der Waals surface area contributed by atoms with E-state index in [1.165, 1.54) is 22.3 Å². The zero-order chi connectivity index (χ0) is 15.0. The molecule has 1 aliphatic carbocycles. The van der Waals surface area contributed by atoms with Crippen molar-refractivity contribution in [2.45, 2.75) is 34.1 Å². The molecule has 0 amide bonds. The maximum absolute atomic E-state index is 4.45. The van der Waals surface area contributed by atoms with Crippen LogP contribution in [0.4, 0.5) is 0 Å². The summed E-state index contributed by atoms with van der Waals surface area (Å²) in [6.45, 7) is 8.00. The van der Waals surface area contributed by atoms with Gasteiger partial charge in [0.1, 0.15) is 0 Å². The lowest BCUT2D eigenvalue weighted by Gasteiger charge is -2.20. The van der Waals surface area contributed by atoms with E-state index in [0.717, 1.165) is 12.1 Å². The number of benzene rings is 2. The van der Waals surface area contributed by atoms with Crippen molar-refractivity contribution in [1.82, 2.24) is 0 Å². The van der Waals surface area contributed by atoms with Crippen LogP contribution >= 0.6 is 0 Å². The van der Waals surface area contributed by atoms with Crippen LogP contribution in [-0.4, -0.2) is 12.8 Å². The predicted octanol–water partition coefficient (Wildman–Crippen LogP) is 5.11. The third-order valence-electron chi connectivity index (χ3n) is 3.15. The van der Waals surface area contributed by atoms with Crippen LogP contribution in [0, 0.1) is 0 Å². The summed E-state index contributed by atoms with van der Waals surface area (Å²) >= 11 is 0. The molecule has 1 aliphatic rings. The Morgan fingerprint density at radius 3 is 1.50 bits per heavy atom. The lowest BCUT2D eigenvalue weighted by molar-refractivity contribution is 1.14. The van der Waals surface area contributed by atoms with Gasteiger partial charge in [0.15, 0.2) is 0 Å². The van der Waals surface area contributed by atoms with E-state index >= 15 is 0 Å². The summed E-state index contributed by atoms with van der Waals surface area (Å²) in [5, 5.41) is 0. The second-order valence-electron chi connectivity index (χ2n) is 4.06. The van der Waals surface area contributed by atoms with Gasteiger partial charge in [-0.25, -0.2) is 0 Å². The van der Waals surface area contributed by atoms with Crippen molar-refractivity contribution in [1.29, 1.82) is 0 Å². The van der Waals surface area contributed by atoms with Gasteiger partial charge < -0.3 is 0 Å². The highest BCUT2D eigenvalue weighted by atomic mass is 14.7. The van der Waals surface area contributed by atoms with Crippen molar-refractivity contribution in [2.24, 2.45) is 4.99 Å². The molecule has 0 N–H and O–H groups in total. The Balaban J connectivity index is 0.000000461. The van der Waals surface area contributed by atoms with Crippen molar-refractivity contribution in [2.75, 3.05) is 7.05 Å². The van der Waals surface area contributed by atoms with Gasteiger partial charge >= 0.3 is 0 Å². The van der Waals surface area contributed by atoms with Crippen LogP contribution in [0.25, 0.3) is 0 Å². The molecule has 0 saturated heterocycles. The van der Waals surface area contributed by atoms with E-state index in [9.17, 15) is 0 Å². The molecule has 2 aromatic carbocycles. The van der Waals surface area contributed by atoms with Gasteiger partial charge in [-0.1, -0.05) is 76.2 Å². The number of nitrogens with zero attached hydrogens (tertiary/aromatic N) is 1. The standard InChI is InChI=1S/C15H13N.2C2H6/c1-16-15-13-8-4-2-6-11(13)10-12-7-3-5-9-14(12)15;2*1-2/h2-9H,10H2,1H3;2*1-2H3. The second-order valence-corrected chi connectivity index (χ2v) is 4.06. The van der Waals surface area contributed by atoms with Crippen molar-refractivity contribution in [3.05, 3.63) is 70.8 Å². The average molecular weight is 267 g/mol. The van der Waals surface area contributed by atoms with Crippen LogP contribution < -0.4 is 0 Å². The summed E-state index contributed by atoms with van der Waals surface area (Å²) in [6, 6.07) is 17.1. The zero-order valence-electron chi connectivity index (χ0n) is 13.3. The number of hydrogen-bond acceptors (Lipinski definition) is 1. The number of hydrogen-bond donors (Lipinski definition) is 0. The minimum atomic E-state index is 1.02. The molecule has 0 heterocycles. The van der Waals surface area contributed by atoms with Crippen LogP contribution in [-0.2, 0) is 6.42 Å². The van der Waals surface area contributed by atoms with Gasteiger partial charge in [-0.2, -0.15) is 0 Å². The van der Waals surface area contributed by atoms with Crippen molar-refractivity contribution in [3.63, 3.8) is 0 Å². The van der Waals surface area contributed by atoms with Gasteiger partial charge in [0.05, 0.1) is 5.71 Å². The van der Waals surface area contributed by atoms with E-state index in [0.29, 0.717) is 0 Å². The van der Waals surface area contributed by atoms with Crippen LogP contribution in [0.2, 0.25) is 0 Å². The van der Waals surface area contributed by atoms with Gasteiger partial charge in [0.2, 0.25) is 0 Å². The topological polar surface area (TPSA) is 12.4 Å². The van der Waals surface area contributed by atoms with E-state index in [1.807, 2.05) is 34.7 Å². The number of aliphatic imine (C=N–C) groups is 1. The predicted molar refractivity (Wildman–Crippen MR) is 89.9 cm³/mol. The van der Waals surface area contributed by atoms with Gasteiger partial charge in [0.25, 0.3) is 0 Å². The number of rotatable bonds is 0. The average Bonchev–Trinajstić information content (AvgIpc) is 2.56. The molecule has 2 aromatic rings. The highest BCUT2D eigenvalue weighted by molar-refractivity contribution is 6.15. The summed E-state index contributed by atoms with van der Waals surface area (Å²) < 4.78 is 0. The minimum absolute atomic E-state index is 1.02. The summed E-state index contributed by atoms with van der Waals surface area (Å²) in [5.41, 5.74) is 6.44. The molecule has 0 saturated carbocycles. The SMILES string of the molecule is CC.CC.CN=C1c2ccccc2Cc2ccccc21. The molecule has 0 atom stereocenters. The molecule has 0 bridgehead atoms. The molecule has 1 heteroatoms. The first-order chi connectivity index (χ1) is 9.90. The maximum Gasteiger partial charge on any atom is 0.0721 e. The fourth-order valence-electron chi connectivity index (χ4n) is 2.40. The summed E-state index contributed by atoms with van der Waals surface area (Å²) in [4.78, 5) is 4.45. The van der Waals surface area contributed by atoms with Crippen LogP contribution in [0.5, 0.6) is 0 Å². The Hall–Kier alpha value is -1.89. The lowest BCUT2D eigenvalue weighted by atomic mass is 9.84. The van der Waals surface area contributed by atoms with E-state index in [4.69, 9.17) is 0 Å². The molecule has 0 fully saturated rings. The smallest absolute Gasteiger partial charge is 0.0721 e.